The lowest BCUT2D eigenvalue weighted by Crippen LogP contribution is -2.51. The van der Waals surface area contributed by atoms with E-state index in [2.05, 4.69) is 34.6 Å². The molecule has 0 spiro atoms. The summed E-state index contributed by atoms with van der Waals surface area (Å²) >= 11 is 5.99. The Balaban J connectivity index is 1.65. The highest BCUT2D eigenvalue weighted by Crippen LogP contribution is 2.26. The maximum atomic E-state index is 13.4. The number of anilines is 1. The summed E-state index contributed by atoms with van der Waals surface area (Å²) in [5.74, 6) is 0.397. The van der Waals surface area contributed by atoms with Gasteiger partial charge in [0.05, 0.1) is 5.70 Å². The van der Waals surface area contributed by atoms with E-state index in [1.165, 1.54) is 0 Å². The van der Waals surface area contributed by atoms with Gasteiger partial charge in [-0.2, -0.15) is 0 Å². The van der Waals surface area contributed by atoms with Gasteiger partial charge in [-0.3, -0.25) is 4.79 Å². The van der Waals surface area contributed by atoms with Gasteiger partial charge in [-0.05, 0) is 54.4 Å². The third-order valence-electron chi connectivity index (χ3n) is 5.79. The number of piperazine rings is 1. The average Bonchev–Trinajstić information content (AvgIpc) is 2.87. The fraction of sp³-hybridized carbons (Fsp3) is 0.222. The predicted octanol–water partition coefficient (Wildman–Crippen LogP) is 4.49. The molecule has 4 rings (SSSR count). The fourth-order valence-electron chi connectivity index (χ4n) is 4.00. The highest BCUT2D eigenvalue weighted by Gasteiger charge is 2.27. The molecule has 1 atom stereocenters. The Labute approximate surface area is 205 Å². The normalized spacial score (nSPS) is 16.6. The van der Waals surface area contributed by atoms with Crippen LogP contribution in [0.25, 0.3) is 11.1 Å². The van der Waals surface area contributed by atoms with Crippen molar-refractivity contribution < 1.29 is 9.53 Å². The minimum absolute atomic E-state index is 0.176. The van der Waals surface area contributed by atoms with Gasteiger partial charge in [0.1, 0.15) is 5.75 Å². The van der Waals surface area contributed by atoms with Gasteiger partial charge in [0.25, 0.3) is 5.91 Å². The van der Waals surface area contributed by atoms with Crippen molar-refractivity contribution in [3.8, 4) is 16.9 Å². The number of hydrogen-bond donors (Lipinski definition) is 3. The van der Waals surface area contributed by atoms with Gasteiger partial charge in [0.2, 0.25) is 5.76 Å². The molecular formula is C27H29ClN4O2. The first-order chi connectivity index (χ1) is 16.5. The lowest BCUT2D eigenvalue weighted by molar-refractivity contribution is -0.115. The van der Waals surface area contributed by atoms with Crippen LogP contribution in [0.5, 0.6) is 5.75 Å². The van der Waals surface area contributed by atoms with Gasteiger partial charge in [-0.15, -0.1) is 0 Å². The molecule has 1 unspecified atom stereocenters. The molecule has 0 radical (unpaired) electrons. The van der Waals surface area contributed by atoms with Crippen LogP contribution in [0, 0.1) is 0 Å². The summed E-state index contributed by atoms with van der Waals surface area (Å²) in [5, 5.41) is 6.88. The number of carbonyl (C=O) groups is 1. The maximum absolute atomic E-state index is 13.4. The van der Waals surface area contributed by atoms with Crippen LogP contribution in [-0.4, -0.2) is 43.0 Å². The maximum Gasteiger partial charge on any atom is 0.293 e. The third-order valence-corrected chi connectivity index (χ3v) is 6.05. The number of amides is 1. The molecule has 1 fully saturated rings. The quantitative estimate of drug-likeness (QED) is 0.346. The van der Waals surface area contributed by atoms with Crippen LogP contribution in [0.2, 0.25) is 5.02 Å². The highest BCUT2D eigenvalue weighted by atomic mass is 35.5. The van der Waals surface area contributed by atoms with Crippen molar-refractivity contribution in [1.29, 1.82) is 0 Å². The van der Waals surface area contributed by atoms with Gasteiger partial charge >= 0.3 is 0 Å². The van der Waals surface area contributed by atoms with Gasteiger partial charge in [-0.25, -0.2) is 0 Å². The van der Waals surface area contributed by atoms with E-state index >= 15 is 0 Å². The summed E-state index contributed by atoms with van der Waals surface area (Å²) in [4.78, 5) is 15.6. The molecule has 1 amide bonds. The van der Waals surface area contributed by atoms with Crippen molar-refractivity contribution in [2.75, 3.05) is 31.5 Å². The lowest BCUT2D eigenvalue weighted by atomic mass is 10.1. The topological polar surface area (TPSA) is 79.6 Å². The second-order valence-electron chi connectivity index (χ2n) is 8.18. The summed E-state index contributed by atoms with van der Waals surface area (Å²) in [5.41, 5.74) is 9.65. The van der Waals surface area contributed by atoms with Crippen LogP contribution in [0.1, 0.15) is 6.92 Å². The third kappa shape index (κ3) is 5.78. The summed E-state index contributed by atoms with van der Waals surface area (Å²) in [7, 11) is 0. The molecule has 4 N–H and O–H groups in total. The molecule has 176 valence electrons. The molecular weight excluding hydrogens is 448 g/mol. The second kappa shape index (κ2) is 11.2. The number of benzene rings is 3. The van der Waals surface area contributed by atoms with Gasteiger partial charge in [0.15, 0.2) is 0 Å². The predicted molar refractivity (Wildman–Crippen MR) is 138 cm³/mol. The molecule has 1 aliphatic rings. The van der Waals surface area contributed by atoms with E-state index in [-0.39, 0.29) is 24.3 Å². The Hall–Kier alpha value is -3.32. The summed E-state index contributed by atoms with van der Waals surface area (Å²) in [6, 6.07) is 24.9. The lowest BCUT2D eigenvalue weighted by Gasteiger charge is -2.37. The first kappa shape index (κ1) is 23.8. The van der Waals surface area contributed by atoms with Crippen molar-refractivity contribution in [3.63, 3.8) is 0 Å². The molecule has 3 aromatic rings. The number of hydrogen-bond acceptors (Lipinski definition) is 5. The smallest absolute Gasteiger partial charge is 0.293 e. The Morgan fingerprint density at radius 1 is 1.06 bits per heavy atom. The number of halogens is 1. The van der Waals surface area contributed by atoms with E-state index in [9.17, 15) is 4.79 Å². The number of rotatable bonds is 7. The largest absolute Gasteiger partial charge is 0.450 e. The average molecular weight is 477 g/mol. The van der Waals surface area contributed by atoms with E-state index in [4.69, 9.17) is 22.1 Å². The molecule has 1 saturated heterocycles. The fourth-order valence-corrected chi connectivity index (χ4v) is 4.13. The van der Waals surface area contributed by atoms with Gasteiger partial charge in [0, 0.05) is 42.9 Å². The van der Waals surface area contributed by atoms with Gasteiger partial charge in [-0.1, -0.05) is 54.1 Å². The van der Waals surface area contributed by atoms with E-state index in [0.29, 0.717) is 22.2 Å². The van der Waals surface area contributed by atoms with Crippen LogP contribution in [0.4, 0.5) is 5.69 Å². The van der Waals surface area contributed by atoms with Crippen molar-refractivity contribution in [1.82, 2.24) is 10.2 Å². The van der Waals surface area contributed by atoms with E-state index < -0.39 is 0 Å². The summed E-state index contributed by atoms with van der Waals surface area (Å²) in [6.07, 6.45) is 0. The Morgan fingerprint density at radius 3 is 2.38 bits per heavy atom. The standard InChI is InChI=1S/C27H29ClN4O2/c1-19-18-30-15-16-32(19)25(17-29)26(27(33)31-23-11-9-22(28)10-12-23)34-24-13-7-21(8-14-24)20-5-3-2-4-6-20/h2-14,19,30H,15-18,29H2,1H3,(H,31,33)/b26-25-. The van der Waals surface area contributed by atoms with Crippen LogP contribution in [0.15, 0.2) is 90.3 Å². The Kier molecular flexibility index (Phi) is 7.85. The first-order valence-corrected chi connectivity index (χ1v) is 11.7. The zero-order valence-corrected chi connectivity index (χ0v) is 19.9. The molecule has 6 nitrogen and oxygen atoms in total. The molecule has 0 bridgehead atoms. The number of nitrogens with zero attached hydrogens (tertiary/aromatic N) is 1. The monoisotopic (exact) mass is 476 g/mol. The molecule has 1 aliphatic heterocycles. The Morgan fingerprint density at radius 2 is 1.74 bits per heavy atom. The second-order valence-corrected chi connectivity index (χ2v) is 8.62. The van der Waals surface area contributed by atoms with E-state index in [0.717, 1.165) is 30.8 Å². The van der Waals surface area contributed by atoms with Crippen molar-refractivity contribution in [2.24, 2.45) is 5.73 Å². The number of carbonyl (C=O) groups excluding carboxylic acids is 1. The van der Waals surface area contributed by atoms with Crippen molar-refractivity contribution in [3.05, 3.63) is 95.3 Å². The first-order valence-electron chi connectivity index (χ1n) is 11.4. The molecule has 1 heterocycles. The van der Waals surface area contributed by atoms with E-state index in [1.54, 1.807) is 24.3 Å². The van der Waals surface area contributed by atoms with E-state index in [1.807, 2.05) is 42.5 Å². The molecule has 0 aromatic heterocycles. The highest BCUT2D eigenvalue weighted by molar-refractivity contribution is 6.30. The van der Waals surface area contributed by atoms with Gasteiger partial charge < -0.3 is 26.0 Å². The van der Waals surface area contributed by atoms with Crippen LogP contribution in [-0.2, 0) is 4.79 Å². The summed E-state index contributed by atoms with van der Waals surface area (Å²) in [6.45, 7) is 4.63. The van der Waals surface area contributed by atoms with Crippen LogP contribution < -0.4 is 21.1 Å². The zero-order chi connectivity index (χ0) is 23.9. The molecule has 0 aliphatic carbocycles. The zero-order valence-electron chi connectivity index (χ0n) is 19.1. The SMILES string of the molecule is CC1CNCCN1/C(CN)=C(\Oc1ccc(-c2ccccc2)cc1)C(=O)Nc1ccc(Cl)cc1. The summed E-state index contributed by atoms with van der Waals surface area (Å²) < 4.78 is 6.22. The van der Waals surface area contributed by atoms with Crippen LogP contribution >= 0.6 is 11.6 Å². The minimum atomic E-state index is -0.361. The number of nitrogens with one attached hydrogen (secondary N) is 2. The molecule has 3 aromatic carbocycles. The number of nitrogens with two attached hydrogens (primary N) is 1. The van der Waals surface area contributed by atoms with Crippen molar-refractivity contribution >= 4 is 23.2 Å². The van der Waals surface area contributed by atoms with Crippen molar-refractivity contribution in [2.45, 2.75) is 13.0 Å². The van der Waals surface area contributed by atoms with Crippen LogP contribution in [0.3, 0.4) is 0 Å². The minimum Gasteiger partial charge on any atom is -0.450 e. The molecule has 0 saturated carbocycles. The molecule has 7 heteroatoms. The Bertz CT molecular complexity index is 1130. The number of ether oxygens (including phenoxy) is 1. The molecule has 34 heavy (non-hydrogen) atoms.